The van der Waals surface area contributed by atoms with Crippen molar-refractivity contribution in [1.29, 1.82) is 0 Å². The van der Waals surface area contributed by atoms with Crippen LogP contribution in [0.1, 0.15) is 46.5 Å². The largest absolute Gasteiger partial charge is 0.480 e. The van der Waals surface area contributed by atoms with Crippen molar-refractivity contribution >= 4 is 11.9 Å². The Morgan fingerprint density at radius 2 is 1.95 bits per heavy atom. The Morgan fingerprint density at radius 1 is 1.26 bits per heavy atom. The van der Waals surface area contributed by atoms with Gasteiger partial charge in [0.15, 0.2) is 0 Å². The van der Waals surface area contributed by atoms with Crippen LogP contribution in [0, 0.1) is 23.7 Å². The van der Waals surface area contributed by atoms with Crippen LogP contribution in [-0.4, -0.2) is 34.5 Å². The van der Waals surface area contributed by atoms with Crippen LogP contribution in [0.5, 0.6) is 0 Å². The predicted molar refractivity (Wildman–Crippen MR) is 72.6 cm³/mol. The van der Waals surface area contributed by atoms with Crippen LogP contribution in [0.25, 0.3) is 0 Å². The van der Waals surface area contributed by atoms with Gasteiger partial charge in [-0.3, -0.25) is 4.79 Å². The molecule has 4 unspecified atom stereocenters. The summed E-state index contributed by atoms with van der Waals surface area (Å²) in [4.78, 5) is 25.5. The van der Waals surface area contributed by atoms with Gasteiger partial charge in [-0.25, -0.2) is 4.79 Å². The molecule has 2 aliphatic rings. The third-order valence-corrected chi connectivity index (χ3v) is 5.10. The number of amides is 1. The third-order valence-electron chi connectivity index (χ3n) is 5.10. The number of aliphatic carboxylic acids is 1. The summed E-state index contributed by atoms with van der Waals surface area (Å²) in [5, 5.41) is 9.43. The predicted octanol–water partition coefficient (Wildman–Crippen LogP) is 2.38. The van der Waals surface area contributed by atoms with Crippen LogP contribution in [0.2, 0.25) is 0 Å². The van der Waals surface area contributed by atoms with E-state index in [4.69, 9.17) is 0 Å². The molecule has 2 rings (SSSR count). The lowest BCUT2D eigenvalue weighted by Crippen LogP contribution is -2.43. The maximum absolute atomic E-state index is 12.4. The van der Waals surface area contributed by atoms with E-state index in [0.29, 0.717) is 30.7 Å². The molecule has 4 atom stereocenters. The van der Waals surface area contributed by atoms with Crippen molar-refractivity contribution in [2.75, 3.05) is 6.54 Å². The Kier molecular flexibility index (Phi) is 4.16. The SMILES string of the molecule is CC(C)C(C)CC(=O)N1CC2CCCC2C1C(=O)O. The second kappa shape index (κ2) is 5.51. The van der Waals surface area contributed by atoms with E-state index in [1.807, 2.05) is 0 Å². The average Bonchev–Trinajstić information content (AvgIpc) is 2.86. The molecule has 1 heterocycles. The number of hydrogen-bond donors (Lipinski definition) is 1. The molecule has 1 aliphatic heterocycles. The normalized spacial score (nSPS) is 31.6. The highest BCUT2D eigenvalue weighted by atomic mass is 16.4. The Bertz CT molecular complexity index is 366. The zero-order valence-electron chi connectivity index (χ0n) is 12.1. The van der Waals surface area contributed by atoms with Crippen LogP contribution in [0.3, 0.4) is 0 Å². The fourth-order valence-corrected chi connectivity index (χ4v) is 3.51. The van der Waals surface area contributed by atoms with Crippen molar-refractivity contribution in [3.8, 4) is 0 Å². The van der Waals surface area contributed by atoms with Gasteiger partial charge in [0.2, 0.25) is 5.91 Å². The molecule has 4 heteroatoms. The molecule has 1 amide bonds. The highest BCUT2D eigenvalue weighted by Crippen LogP contribution is 2.42. The zero-order valence-corrected chi connectivity index (χ0v) is 12.1. The van der Waals surface area contributed by atoms with Crippen LogP contribution in [-0.2, 0) is 9.59 Å². The van der Waals surface area contributed by atoms with Gasteiger partial charge in [0.25, 0.3) is 0 Å². The molecular weight excluding hydrogens is 242 g/mol. The second-order valence-electron chi connectivity index (χ2n) is 6.61. The molecule has 1 aliphatic carbocycles. The summed E-state index contributed by atoms with van der Waals surface area (Å²) in [6.07, 6.45) is 3.63. The lowest BCUT2D eigenvalue weighted by Gasteiger charge is -2.26. The molecule has 1 saturated heterocycles. The van der Waals surface area contributed by atoms with E-state index in [-0.39, 0.29) is 11.8 Å². The number of carboxylic acids is 1. The lowest BCUT2D eigenvalue weighted by atomic mass is 9.93. The maximum atomic E-state index is 12.4. The summed E-state index contributed by atoms with van der Waals surface area (Å²) in [5.74, 6) is 0.579. The van der Waals surface area contributed by atoms with Gasteiger partial charge in [0.05, 0.1) is 0 Å². The Hall–Kier alpha value is -1.06. The molecule has 1 saturated carbocycles. The van der Waals surface area contributed by atoms with Crippen LogP contribution in [0.4, 0.5) is 0 Å². The summed E-state index contributed by atoms with van der Waals surface area (Å²) in [5.41, 5.74) is 0. The molecule has 1 N–H and O–H groups in total. The number of nitrogens with zero attached hydrogens (tertiary/aromatic N) is 1. The minimum Gasteiger partial charge on any atom is -0.480 e. The molecule has 108 valence electrons. The summed E-state index contributed by atoms with van der Waals surface area (Å²) >= 11 is 0. The van der Waals surface area contributed by atoms with E-state index in [2.05, 4.69) is 20.8 Å². The monoisotopic (exact) mass is 267 g/mol. The van der Waals surface area contributed by atoms with Crippen LogP contribution in [0.15, 0.2) is 0 Å². The van der Waals surface area contributed by atoms with Crippen molar-refractivity contribution in [2.45, 2.75) is 52.5 Å². The third kappa shape index (κ3) is 2.77. The molecular formula is C15H25NO3. The van der Waals surface area contributed by atoms with Crippen LogP contribution >= 0.6 is 0 Å². The molecule has 2 fully saturated rings. The van der Waals surface area contributed by atoms with E-state index in [0.717, 1.165) is 19.3 Å². The van der Waals surface area contributed by atoms with E-state index in [9.17, 15) is 14.7 Å². The fourth-order valence-electron chi connectivity index (χ4n) is 3.51. The summed E-state index contributed by atoms with van der Waals surface area (Å²) in [6.45, 7) is 6.93. The van der Waals surface area contributed by atoms with E-state index in [1.54, 1.807) is 4.90 Å². The van der Waals surface area contributed by atoms with Crippen molar-refractivity contribution in [1.82, 2.24) is 4.90 Å². The molecule has 0 bridgehead atoms. The topological polar surface area (TPSA) is 57.6 Å². The highest BCUT2D eigenvalue weighted by Gasteiger charge is 2.49. The van der Waals surface area contributed by atoms with Gasteiger partial charge in [-0.2, -0.15) is 0 Å². The van der Waals surface area contributed by atoms with Crippen molar-refractivity contribution in [3.63, 3.8) is 0 Å². The van der Waals surface area contributed by atoms with Gasteiger partial charge >= 0.3 is 5.97 Å². The first-order valence-electron chi connectivity index (χ1n) is 7.44. The molecule has 4 nitrogen and oxygen atoms in total. The minimum absolute atomic E-state index is 0.0306. The molecule has 0 spiro atoms. The summed E-state index contributed by atoms with van der Waals surface area (Å²) < 4.78 is 0. The lowest BCUT2D eigenvalue weighted by molar-refractivity contribution is -0.150. The van der Waals surface area contributed by atoms with E-state index in [1.165, 1.54) is 0 Å². The van der Waals surface area contributed by atoms with Crippen molar-refractivity contribution in [3.05, 3.63) is 0 Å². The highest BCUT2D eigenvalue weighted by molar-refractivity contribution is 5.85. The zero-order chi connectivity index (χ0) is 14.2. The minimum atomic E-state index is -0.819. The Morgan fingerprint density at radius 3 is 2.53 bits per heavy atom. The van der Waals surface area contributed by atoms with E-state index < -0.39 is 12.0 Å². The Labute approximate surface area is 115 Å². The number of fused-ring (bicyclic) bond motifs is 1. The van der Waals surface area contributed by atoms with E-state index >= 15 is 0 Å². The number of carbonyl (C=O) groups excluding carboxylic acids is 1. The van der Waals surface area contributed by atoms with Gasteiger partial charge in [-0.1, -0.05) is 27.2 Å². The average molecular weight is 267 g/mol. The Balaban J connectivity index is 2.06. The molecule has 19 heavy (non-hydrogen) atoms. The second-order valence-corrected chi connectivity index (χ2v) is 6.61. The number of hydrogen-bond acceptors (Lipinski definition) is 2. The molecule has 0 aromatic heterocycles. The number of rotatable bonds is 4. The number of carboxylic acid groups (broad SMARTS) is 1. The van der Waals surface area contributed by atoms with Gasteiger partial charge in [0, 0.05) is 13.0 Å². The van der Waals surface area contributed by atoms with Gasteiger partial charge in [-0.05, 0) is 36.5 Å². The van der Waals surface area contributed by atoms with Crippen molar-refractivity contribution in [2.24, 2.45) is 23.7 Å². The molecule has 0 aromatic rings. The summed E-state index contributed by atoms with van der Waals surface area (Å²) in [6, 6.07) is -0.570. The number of carbonyl (C=O) groups is 2. The van der Waals surface area contributed by atoms with Crippen LogP contribution < -0.4 is 0 Å². The molecule has 0 aromatic carbocycles. The molecule has 0 radical (unpaired) electrons. The quantitative estimate of drug-likeness (QED) is 0.850. The summed E-state index contributed by atoms with van der Waals surface area (Å²) in [7, 11) is 0. The standard InChI is InChI=1S/C15H25NO3/c1-9(2)10(3)7-13(17)16-8-11-5-4-6-12(11)14(16)15(18)19/h9-12,14H,4-8H2,1-3H3,(H,18,19). The van der Waals surface area contributed by atoms with Gasteiger partial charge in [0.1, 0.15) is 6.04 Å². The van der Waals surface area contributed by atoms with Gasteiger partial charge < -0.3 is 10.0 Å². The number of likely N-dealkylation sites (tertiary alicyclic amines) is 1. The maximum Gasteiger partial charge on any atom is 0.326 e. The first-order valence-corrected chi connectivity index (χ1v) is 7.44. The van der Waals surface area contributed by atoms with Gasteiger partial charge in [-0.15, -0.1) is 0 Å². The smallest absolute Gasteiger partial charge is 0.326 e. The first kappa shape index (κ1) is 14.4. The first-order chi connectivity index (χ1) is 8.91. The van der Waals surface area contributed by atoms with Crippen molar-refractivity contribution < 1.29 is 14.7 Å². The fraction of sp³-hybridized carbons (Fsp3) is 0.867.